The van der Waals surface area contributed by atoms with Crippen molar-refractivity contribution in [2.24, 2.45) is 0 Å². The number of imidazole rings is 1. The SMILES string of the molecule is O=CC1OC[C@H](c2cccc(N3CCN(c4ccccc4)CC3)c2)N1c1ccc2nc[nH]c2c1. The molecule has 1 aromatic heterocycles. The quantitative estimate of drug-likeness (QED) is 0.461. The molecule has 2 fully saturated rings. The fraction of sp³-hybridized carbons (Fsp3) is 0.259. The molecular weight excluding hydrogens is 426 g/mol. The molecule has 2 atom stereocenters. The number of aromatic amines is 1. The normalized spacial score (nSPS) is 20.8. The molecule has 172 valence electrons. The van der Waals surface area contributed by atoms with Gasteiger partial charge in [-0.15, -0.1) is 0 Å². The topological polar surface area (TPSA) is 64.7 Å². The number of carbonyl (C=O) groups is 1. The van der Waals surface area contributed by atoms with E-state index in [1.54, 1.807) is 6.33 Å². The monoisotopic (exact) mass is 453 g/mol. The Bertz CT molecular complexity index is 1280. The first kappa shape index (κ1) is 20.7. The smallest absolute Gasteiger partial charge is 0.187 e. The number of ether oxygens (including phenoxy) is 1. The molecule has 0 bridgehead atoms. The number of rotatable bonds is 5. The molecule has 2 aliphatic heterocycles. The number of nitrogens with one attached hydrogen (secondary N) is 1. The van der Waals surface area contributed by atoms with Gasteiger partial charge < -0.3 is 24.4 Å². The highest BCUT2D eigenvalue weighted by Gasteiger charge is 2.36. The van der Waals surface area contributed by atoms with Crippen LogP contribution in [0.15, 0.2) is 79.1 Å². The average molecular weight is 454 g/mol. The van der Waals surface area contributed by atoms with Gasteiger partial charge in [0.05, 0.1) is 30.0 Å². The first-order valence-corrected chi connectivity index (χ1v) is 11.7. The van der Waals surface area contributed by atoms with Gasteiger partial charge in [0.1, 0.15) is 0 Å². The van der Waals surface area contributed by atoms with Crippen LogP contribution in [0.25, 0.3) is 11.0 Å². The molecule has 3 heterocycles. The number of hydrogen-bond donors (Lipinski definition) is 1. The third kappa shape index (κ3) is 3.78. The Kier molecular flexibility index (Phi) is 5.39. The summed E-state index contributed by atoms with van der Waals surface area (Å²) in [4.78, 5) is 26.3. The van der Waals surface area contributed by atoms with E-state index in [9.17, 15) is 4.79 Å². The van der Waals surface area contributed by atoms with E-state index >= 15 is 0 Å². The number of aromatic nitrogens is 2. The second kappa shape index (κ2) is 8.83. The maximum atomic E-state index is 11.8. The fourth-order valence-corrected chi connectivity index (χ4v) is 5.09. The Labute approximate surface area is 198 Å². The van der Waals surface area contributed by atoms with Crippen LogP contribution in [0.4, 0.5) is 17.1 Å². The molecule has 4 aromatic rings. The summed E-state index contributed by atoms with van der Waals surface area (Å²) in [6.07, 6.45) is 1.96. The zero-order chi connectivity index (χ0) is 22.9. The number of nitrogens with zero attached hydrogens (tertiary/aromatic N) is 4. The molecule has 0 amide bonds. The molecule has 0 aliphatic carbocycles. The number of piperazine rings is 1. The lowest BCUT2D eigenvalue weighted by Crippen LogP contribution is -2.46. The number of fused-ring (bicyclic) bond motifs is 1. The molecule has 0 radical (unpaired) electrons. The molecule has 0 spiro atoms. The van der Waals surface area contributed by atoms with Gasteiger partial charge >= 0.3 is 0 Å². The Morgan fingerprint density at radius 1 is 0.853 bits per heavy atom. The van der Waals surface area contributed by atoms with Gasteiger partial charge in [0.25, 0.3) is 0 Å². The second-order valence-electron chi connectivity index (χ2n) is 8.79. The molecule has 2 aliphatic rings. The maximum Gasteiger partial charge on any atom is 0.187 e. The van der Waals surface area contributed by atoms with Crippen molar-refractivity contribution in [2.45, 2.75) is 12.3 Å². The van der Waals surface area contributed by atoms with Crippen molar-refractivity contribution in [3.05, 3.63) is 84.7 Å². The highest BCUT2D eigenvalue weighted by atomic mass is 16.5. The number of carbonyl (C=O) groups excluding carboxylic acids is 1. The minimum atomic E-state index is -0.608. The largest absolute Gasteiger partial charge is 0.368 e. The van der Waals surface area contributed by atoms with Crippen LogP contribution < -0.4 is 14.7 Å². The summed E-state index contributed by atoms with van der Waals surface area (Å²) >= 11 is 0. The molecule has 34 heavy (non-hydrogen) atoms. The number of H-pyrrole nitrogens is 1. The van der Waals surface area contributed by atoms with Crippen molar-refractivity contribution in [1.82, 2.24) is 9.97 Å². The molecule has 2 saturated heterocycles. The number of aldehydes is 1. The summed E-state index contributed by atoms with van der Waals surface area (Å²) in [5, 5.41) is 0. The molecule has 6 rings (SSSR count). The summed E-state index contributed by atoms with van der Waals surface area (Å²) in [5.74, 6) is 0. The van der Waals surface area contributed by atoms with Crippen LogP contribution >= 0.6 is 0 Å². The minimum absolute atomic E-state index is 0.0406. The van der Waals surface area contributed by atoms with Gasteiger partial charge in [-0.1, -0.05) is 30.3 Å². The zero-order valence-electron chi connectivity index (χ0n) is 18.9. The van der Waals surface area contributed by atoms with Gasteiger partial charge in [0.2, 0.25) is 0 Å². The summed E-state index contributed by atoms with van der Waals surface area (Å²) in [6, 6.07) is 25.2. The van der Waals surface area contributed by atoms with Crippen molar-refractivity contribution >= 4 is 34.4 Å². The Morgan fingerprint density at radius 3 is 2.41 bits per heavy atom. The minimum Gasteiger partial charge on any atom is -0.368 e. The summed E-state index contributed by atoms with van der Waals surface area (Å²) in [6.45, 7) is 4.39. The van der Waals surface area contributed by atoms with Gasteiger partial charge in [-0.3, -0.25) is 4.79 Å². The molecule has 7 heteroatoms. The molecule has 0 saturated carbocycles. The first-order valence-electron chi connectivity index (χ1n) is 11.7. The number of anilines is 3. The number of para-hydroxylation sites is 1. The number of benzene rings is 3. The lowest BCUT2D eigenvalue weighted by molar-refractivity contribution is -0.115. The average Bonchev–Trinajstić information content (AvgIpc) is 3.56. The van der Waals surface area contributed by atoms with Crippen LogP contribution in [0.3, 0.4) is 0 Å². The predicted molar refractivity (Wildman–Crippen MR) is 134 cm³/mol. The van der Waals surface area contributed by atoms with E-state index in [1.165, 1.54) is 11.4 Å². The van der Waals surface area contributed by atoms with Crippen molar-refractivity contribution in [2.75, 3.05) is 47.5 Å². The van der Waals surface area contributed by atoms with Gasteiger partial charge in [0.15, 0.2) is 12.5 Å². The van der Waals surface area contributed by atoms with Crippen molar-refractivity contribution in [3.63, 3.8) is 0 Å². The summed E-state index contributed by atoms with van der Waals surface area (Å²) < 4.78 is 5.89. The summed E-state index contributed by atoms with van der Waals surface area (Å²) in [7, 11) is 0. The Hall–Kier alpha value is -3.84. The highest BCUT2D eigenvalue weighted by molar-refractivity contribution is 5.80. The van der Waals surface area contributed by atoms with Crippen molar-refractivity contribution < 1.29 is 9.53 Å². The fourth-order valence-electron chi connectivity index (χ4n) is 5.09. The van der Waals surface area contributed by atoms with E-state index in [0.29, 0.717) is 6.61 Å². The van der Waals surface area contributed by atoms with E-state index in [2.05, 4.69) is 79.3 Å². The second-order valence-corrected chi connectivity index (χ2v) is 8.79. The Balaban J connectivity index is 1.24. The third-order valence-electron chi connectivity index (χ3n) is 6.87. The molecule has 3 aromatic carbocycles. The Morgan fingerprint density at radius 2 is 1.62 bits per heavy atom. The van der Waals surface area contributed by atoms with Crippen molar-refractivity contribution in [1.29, 1.82) is 0 Å². The van der Waals surface area contributed by atoms with Gasteiger partial charge in [-0.2, -0.15) is 0 Å². The van der Waals surface area contributed by atoms with E-state index in [-0.39, 0.29) is 6.04 Å². The third-order valence-corrected chi connectivity index (χ3v) is 6.87. The van der Waals surface area contributed by atoms with Crippen LogP contribution in [0, 0.1) is 0 Å². The lowest BCUT2D eigenvalue weighted by Gasteiger charge is -2.37. The van der Waals surface area contributed by atoms with Crippen LogP contribution in [0.1, 0.15) is 11.6 Å². The van der Waals surface area contributed by atoms with Gasteiger partial charge in [0, 0.05) is 43.2 Å². The molecular formula is C27H27N5O2. The van der Waals surface area contributed by atoms with Crippen LogP contribution in [0.5, 0.6) is 0 Å². The number of hydrogen-bond acceptors (Lipinski definition) is 6. The highest BCUT2D eigenvalue weighted by Crippen LogP contribution is 2.37. The van der Waals surface area contributed by atoms with Crippen LogP contribution in [-0.4, -0.2) is 55.3 Å². The summed E-state index contributed by atoms with van der Waals surface area (Å²) in [5.41, 5.74) is 6.43. The van der Waals surface area contributed by atoms with E-state index in [4.69, 9.17) is 4.74 Å². The van der Waals surface area contributed by atoms with E-state index < -0.39 is 6.23 Å². The molecule has 1 unspecified atom stereocenters. The lowest BCUT2D eigenvalue weighted by atomic mass is 10.0. The first-order chi connectivity index (χ1) is 16.8. The van der Waals surface area contributed by atoms with Crippen LogP contribution in [0.2, 0.25) is 0 Å². The zero-order valence-corrected chi connectivity index (χ0v) is 18.9. The van der Waals surface area contributed by atoms with Gasteiger partial charge in [-0.25, -0.2) is 4.98 Å². The standard InChI is InChI=1S/C27H27N5O2/c33-17-27-32(23-9-10-24-25(16-23)29-19-28-24)26(18-34-27)20-5-4-8-22(15-20)31-13-11-30(12-14-31)21-6-2-1-3-7-21/h1-10,15-17,19,26-27H,11-14,18H2,(H,28,29)/t26-,27?/m1/s1. The molecule has 7 nitrogen and oxygen atoms in total. The predicted octanol–water partition coefficient (Wildman–Crippen LogP) is 3.99. The van der Waals surface area contributed by atoms with Crippen LogP contribution in [-0.2, 0) is 9.53 Å². The molecule has 1 N–H and O–H groups in total. The maximum absolute atomic E-state index is 11.8. The van der Waals surface area contributed by atoms with Crippen molar-refractivity contribution in [3.8, 4) is 0 Å². The van der Waals surface area contributed by atoms with E-state index in [1.807, 2.05) is 18.2 Å². The van der Waals surface area contributed by atoms with Gasteiger partial charge in [-0.05, 0) is 48.0 Å². The van der Waals surface area contributed by atoms with E-state index in [0.717, 1.165) is 54.7 Å².